The Balaban J connectivity index is 1.53. The van der Waals surface area contributed by atoms with E-state index in [9.17, 15) is 19.3 Å². The second-order valence-corrected chi connectivity index (χ2v) is 15.9. The second kappa shape index (κ2) is 11.9. The number of rotatable bonds is 11. The Morgan fingerprint density at radius 2 is 1.90 bits per heavy atom. The van der Waals surface area contributed by atoms with Gasteiger partial charge in [-0.05, 0) is 50.9 Å². The summed E-state index contributed by atoms with van der Waals surface area (Å²) < 4.78 is 53.4. The van der Waals surface area contributed by atoms with Crippen molar-refractivity contribution in [3.05, 3.63) is 33.9 Å². The smallest absolute Gasteiger partial charge is 0.341 e. The van der Waals surface area contributed by atoms with Crippen LogP contribution in [0.4, 0.5) is 10.1 Å². The fourth-order valence-corrected chi connectivity index (χ4v) is 10.6. The lowest BCUT2D eigenvalue weighted by molar-refractivity contribution is 0.0694. The Hall–Kier alpha value is -2.07. The quantitative estimate of drug-likeness (QED) is 0.361. The fraction of sp³-hybridized carbons (Fsp3) is 0.630. The highest BCUT2D eigenvalue weighted by atomic mass is 31.2. The number of halogens is 1. The summed E-state index contributed by atoms with van der Waals surface area (Å²) in [5, 5.41) is 9.17. The van der Waals surface area contributed by atoms with Crippen LogP contribution >= 0.6 is 15.7 Å². The van der Waals surface area contributed by atoms with Gasteiger partial charge >= 0.3 is 13.6 Å². The van der Waals surface area contributed by atoms with Gasteiger partial charge in [0.25, 0.3) is 0 Å². The van der Waals surface area contributed by atoms with Crippen LogP contribution in [0, 0.1) is 11.7 Å². The number of likely N-dealkylation sites (tertiary alicyclic amines) is 1. The molecule has 1 aliphatic carbocycles. The third kappa shape index (κ3) is 5.43. The molecule has 14 heteroatoms. The lowest BCUT2D eigenvalue weighted by atomic mass is 9.92. The first-order chi connectivity index (χ1) is 19.6. The van der Waals surface area contributed by atoms with Gasteiger partial charge in [-0.15, -0.1) is 0 Å². The summed E-state index contributed by atoms with van der Waals surface area (Å²) in [6, 6.07) is 1.25. The van der Waals surface area contributed by atoms with Crippen LogP contribution in [-0.2, 0) is 18.1 Å². The third-order valence-corrected chi connectivity index (χ3v) is 14.1. The molecule has 3 fully saturated rings. The molecule has 1 saturated carbocycles. The predicted octanol–water partition coefficient (Wildman–Crippen LogP) is 4.57. The van der Waals surface area contributed by atoms with Crippen molar-refractivity contribution in [1.29, 1.82) is 0 Å². The summed E-state index contributed by atoms with van der Waals surface area (Å²) in [4.78, 5) is 29.2. The van der Waals surface area contributed by atoms with E-state index in [1.54, 1.807) is 11.7 Å². The maximum absolute atomic E-state index is 15.9. The molecular formula is C27H38FN3O8P2. The SMILES string of the molecule is COc1c(N2C[C@@H]3CCCN(CC(P(C)OC)P(=O)(OC)OC)[C@@H]3C2)c(F)cc2c(=O)c(C(=O)O)cn(C3CC3)c12. The van der Waals surface area contributed by atoms with Crippen molar-refractivity contribution < 1.29 is 37.2 Å². The number of hydrogen-bond acceptors (Lipinski definition) is 9. The van der Waals surface area contributed by atoms with Gasteiger partial charge < -0.3 is 32.9 Å². The molecule has 0 amide bonds. The van der Waals surface area contributed by atoms with Gasteiger partial charge in [0.05, 0.1) is 18.0 Å². The monoisotopic (exact) mass is 613 g/mol. The number of nitrogens with zero attached hydrogens (tertiary/aromatic N) is 3. The van der Waals surface area contributed by atoms with Crippen LogP contribution in [-0.4, -0.2) is 93.3 Å². The van der Waals surface area contributed by atoms with Gasteiger partial charge in [0.2, 0.25) is 5.43 Å². The Bertz CT molecular complexity index is 1430. The zero-order chi connectivity index (χ0) is 29.6. The molecule has 2 aliphatic heterocycles. The van der Waals surface area contributed by atoms with Crippen LogP contribution in [0.5, 0.6) is 5.75 Å². The number of pyridine rings is 1. The highest BCUT2D eigenvalue weighted by Gasteiger charge is 2.46. The zero-order valence-electron chi connectivity index (χ0n) is 24.0. The molecule has 2 unspecified atom stereocenters. The molecular weight excluding hydrogens is 575 g/mol. The molecule has 0 radical (unpaired) electrons. The number of benzene rings is 1. The van der Waals surface area contributed by atoms with Gasteiger partial charge in [0.15, 0.2) is 11.6 Å². The molecule has 4 atom stereocenters. The molecule has 2 saturated heterocycles. The average molecular weight is 614 g/mol. The summed E-state index contributed by atoms with van der Waals surface area (Å²) in [6.07, 6.45) is 4.95. The number of methoxy groups -OCH3 is 1. The first kappa shape index (κ1) is 30.4. The van der Waals surface area contributed by atoms with E-state index in [2.05, 4.69) is 4.90 Å². The van der Waals surface area contributed by atoms with E-state index < -0.39 is 38.4 Å². The Morgan fingerprint density at radius 3 is 2.49 bits per heavy atom. The van der Waals surface area contributed by atoms with Gasteiger partial charge in [-0.2, -0.15) is 0 Å². The van der Waals surface area contributed by atoms with Gasteiger partial charge in [0, 0.05) is 67.4 Å². The van der Waals surface area contributed by atoms with E-state index in [1.165, 1.54) is 27.5 Å². The van der Waals surface area contributed by atoms with Gasteiger partial charge in [-0.25, -0.2) is 9.18 Å². The van der Waals surface area contributed by atoms with Crippen molar-refractivity contribution in [2.45, 2.75) is 43.2 Å². The largest absolute Gasteiger partial charge is 0.492 e. The molecule has 0 bridgehead atoms. The first-order valence-electron chi connectivity index (χ1n) is 13.7. The number of carboxylic acid groups (broad SMARTS) is 1. The minimum Gasteiger partial charge on any atom is -0.492 e. The maximum atomic E-state index is 15.9. The van der Waals surface area contributed by atoms with Crippen molar-refractivity contribution in [2.75, 3.05) is 66.2 Å². The van der Waals surface area contributed by atoms with Crippen molar-refractivity contribution in [2.24, 2.45) is 5.92 Å². The van der Waals surface area contributed by atoms with E-state index in [0.29, 0.717) is 25.2 Å². The van der Waals surface area contributed by atoms with Gasteiger partial charge in [-0.1, -0.05) is 0 Å². The number of anilines is 1. The van der Waals surface area contributed by atoms with Crippen LogP contribution in [0.3, 0.4) is 0 Å². The molecule has 0 spiro atoms. The Labute approximate surface area is 239 Å². The van der Waals surface area contributed by atoms with Gasteiger partial charge in [0.1, 0.15) is 16.7 Å². The molecule has 1 aromatic carbocycles. The van der Waals surface area contributed by atoms with Gasteiger partial charge in [-0.3, -0.25) is 14.3 Å². The van der Waals surface area contributed by atoms with E-state index in [4.69, 9.17) is 18.3 Å². The Morgan fingerprint density at radius 1 is 1.20 bits per heavy atom. The highest BCUT2D eigenvalue weighted by Crippen LogP contribution is 2.63. The lowest BCUT2D eigenvalue weighted by Gasteiger charge is -2.40. The molecule has 11 nitrogen and oxygen atoms in total. The number of ether oxygens (including phenoxy) is 1. The summed E-state index contributed by atoms with van der Waals surface area (Å²) in [5.41, 5.74) is -0.411. The van der Waals surface area contributed by atoms with Crippen LogP contribution in [0.25, 0.3) is 10.9 Å². The lowest BCUT2D eigenvalue weighted by Crippen LogP contribution is -2.48. The van der Waals surface area contributed by atoms with Crippen molar-refractivity contribution in [1.82, 2.24) is 9.47 Å². The Kier molecular flexibility index (Phi) is 8.82. The van der Waals surface area contributed by atoms with Crippen LogP contribution in [0.1, 0.15) is 42.1 Å². The topological polar surface area (TPSA) is 120 Å². The first-order valence-corrected chi connectivity index (χ1v) is 17.1. The minimum atomic E-state index is -3.42. The van der Waals surface area contributed by atoms with E-state index >= 15 is 4.39 Å². The molecule has 5 rings (SSSR count). The van der Waals surface area contributed by atoms with E-state index in [-0.39, 0.29) is 40.4 Å². The van der Waals surface area contributed by atoms with Crippen molar-refractivity contribution >= 4 is 38.3 Å². The average Bonchev–Trinajstić information content (AvgIpc) is 3.72. The van der Waals surface area contributed by atoms with E-state index in [0.717, 1.165) is 38.3 Å². The van der Waals surface area contributed by atoms with Crippen molar-refractivity contribution in [3.63, 3.8) is 0 Å². The molecule has 41 heavy (non-hydrogen) atoms. The number of carbonyl (C=O) groups is 1. The summed E-state index contributed by atoms with van der Waals surface area (Å²) in [5.74, 6) is -1.49. The predicted molar refractivity (Wildman–Crippen MR) is 156 cm³/mol. The second-order valence-electron chi connectivity index (χ2n) is 10.9. The molecule has 1 aromatic heterocycles. The summed E-state index contributed by atoms with van der Waals surface area (Å²) in [6.45, 7) is 4.26. The fourth-order valence-electron chi connectivity index (χ4n) is 6.47. The highest BCUT2D eigenvalue weighted by molar-refractivity contribution is 7.71. The van der Waals surface area contributed by atoms with Crippen molar-refractivity contribution in [3.8, 4) is 5.75 Å². The number of carboxylic acids is 1. The number of aromatic nitrogens is 1. The maximum Gasteiger partial charge on any atom is 0.341 e. The molecule has 226 valence electrons. The molecule has 3 aliphatic rings. The van der Waals surface area contributed by atoms with Crippen LogP contribution in [0.2, 0.25) is 0 Å². The normalized spacial score (nSPS) is 23.0. The summed E-state index contributed by atoms with van der Waals surface area (Å²) >= 11 is 0. The third-order valence-electron chi connectivity index (χ3n) is 8.76. The summed E-state index contributed by atoms with van der Waals surface area (Å²) in [7, 11) is 1.30. The minimum absolute atomic E-state index is 0.00160. The number of hydrogen-bond donors (Lipinski definition) is 1. The molecule has 3 heterocycles. The van der Waals surface area contributed by atoms with Crippen LogP contribution < -0.4 is 15.1 Å². The standard InChI is InChI=1S/C27H38FN3O8P2/c1-36-26-23-18(25(32)19(27(33)34)13-31(23)17-8-9-17)11-20(28)24(26)30-12-16-7-6-10-29(21(16)14-30)15-22(40(5)37-2)41(35,38-3)39-4/h11,13,16-17,21-22H,6-10,12,14-15H2,1-5H3,(H,33,34)/t16-,21+,22?,40?/m0/s1. The number of aromatic carboxylic acids is 1. The number of piperidine rings is 1. The number of fused-ring (bicyclic) bond motifs is 2. The van der Waals surface area contributed by atoms with Crippen LogP contribution in [0.15, 0.2) is 17.1 Å². The molecule has 1 N–H and O–H groups in total. The molecule has 2 aromatic rings. The zero-order valence-corrected chi connectivity index (χ0v) is 25.8. The van der Waals surface area contributed by atoms with E-state index in [1.807, 2.05) is 11.6 Å².